The summed E-state index contributed by atoms with van der Waals surface area (Å²) in [6.07, 6.45) is 3.98. The highest BCUT2D eigenvalue weighted by atomic mass is 35.5. The molecule has 3 aliphatic rings. The predicted octanol–water partition coefficient (Wildman–Crippen LogP) is 5.32. The van der Waals surface area contributed by atoms with Crippen molar-refractivity contribution in [1.29, 1.82) is 0 Å². The summed E-state index contributed by atoms with van der Waals surface area (Å²) in [4.78, 5) is 24.7. The Hall–Kier alpha value is -3.09. The van der Waals surface area contributed by atoms with E-state index in [-0.39, 0.29) is 11.9 Å². The van der Waals surface area contributed by atoms with Crippen molar-refractivity contribution in [3.8, 4) is 5.75 Å². The molecule has 3 aromatic carbocycles. The molecule has 6 rings (SSSR count). The Kier molecular flexibility index (Phi) is 6.32. The lowest BCUT2D eigenvalue weighted by atomic mass is 10.0. The number of aryl methyl sites for hydroxylation is 1. The highest BCUT2D eigenvalue weighted by molar-refractivity contribution is 6.30. The Morgan fingerprint density at radius 2 is 1.78 bits per heavy atom. The largest absolute Gasteiger partial charge is 0.492 e. The minimum atomic E-state index is 0.0904. The third kappa shape index (κ3) is 4.56. The number of nitrogens with zero attached hydrogens (tertiary/aromatic N) is 4. The molecule has 0 radical (unpaired) electrons. The minimum Gasteiger partial charge on any atom is -0.492 e. The number of rotatable bonds is 5. The van der Waals surface area contributed by atoms with E-state index in [9.17, 15) is 4.79 Å². The summed E-state index contributed by atoms with van der Waals surface area (Å²) in [5.41, 5.74) is 3.79. The molecule has 2 fully saturated rings. The molecule has 0 bridgehead atoms. The molecule has 3 heterocycles. The third-order valence-corrected chi connectivity index (χ3v) is 7.91. The molecular formula is C29H31ClN4O2. The fraction of sp³-hybridized carbons (Fsp3) is 0.379. The van der Waals surface area contributed by atoms with E-state index in [1.807, 2.05) is 35.4 Å². The number of halogens is 1. The quantitative estimate of drug-likeness (QED) is 0.473. The van der Waals surface area contributed by atoms with Crippen molar-refractivity contribution < 1.29 is 9.53 Å². The van der Waals surface area contributed by atoms with Crippen LogP contribution in [0, 0.1) is 6.92 Å². The third-order valence-electron chi connectivity index (χ3n) is 7.65. The average molecular weight is 503 g/mol. The van der Waals surface area contributed by atoms with Crippen LogP contribution in [-0.2, 0) is 0 Å². The molecule has 0 spiro atoms. The number of amides is 1. The lowest BCUT2D eigenvalue weighted by Crippen LogP contribution is -2.47. The Balaban J connectivity index is 1.10. The van der Waals surface area contributed by atoms with Gasteiger partial charge in [-0.25, -0.2) is 0 Å². The molecule has 0 saturated carbocycles. The Morgan fingerprint density at radius 3 is 2.58 bits per heavy atom. The number of carbonyl (C=O) groups excluding carboxylic acids is 1. The van der Waals surface area contributed by atoms with Crippen LogP contribution in [0.4, 0.5) is 11.4 Å². The van der Waals surface area contributed by atoms with Crippen molar-refractivity contribution in [3.05, 3.63) is 64.7 Å². The second kappa shape index (κ2) is 9.75. The molecule has 186 valence electrons. The number of ether oxygens (including phenoxy) is 1. The number of aliphatic imine (C=N–C) groups is 1. The first-order valence-corrected chi connectivity index (χ1v) is 13.2. The van der Waals surface area contributed by atoms with Crippen molar-refractivity contribution in [2.75, 3.05) is 50.8 Å². The van der Waals surface area contributed by atoms with Crippen LogP contribution in [0.1, 0.15) is 28.8 Å². The van der Waals surface area contributed by atoms with E-state index in [4.69, 9.17) is 16.3 Å². The van der Waals surface area contributed by atoms with E-state index in [1.165, 1.54) is 5.69 Å². The number of fused-ring (bicyclic) bond motifs is 3. The molecule has 2 saturated heterocycles. The number of benzene rings is 3. The van der Waals surface area contributed by atoms with Gasteiger partial charge in [0.2, 0.25) is 0 Å². The van der Waals surface area contributed by atoms with Gasteiger partial charge in [0, 0.05) is 56.2 Å². The van der Waals surface area contributed by atoms with Gasteiger partial charge in [-0.3, -0.25) is 14.7 Å². The smallest absolute Gasteiger partial charge is 0.256 e. The summed E-state index contributed by atoms with van der Waals surface area (Å²) in [5, 5.41) is 2.88. The van der Waals surface area contributed by atoms with Crippen molar-refractivity contribution in [2.24, 2.45) is 4.99 Å². The SMILES string of the molecule is Cc1cc2cc3c(cc2cc1OCCN1CCN(c2ccc(Cl)cc2)CC1)C(=O)N1CCC[C@H]1C=N3. The predicted molar refractivity (Wildman–Crippen MR) is 146 cm³/mol. The zero-order valence-electron chi connectivity index (χ0n) is 20.6. The fourth-order valence-corrected chi connectivity index (χ4v) is 5.68. The number of carbonyl (C=O) groups is 1. The lowest BCUT2D eigenvalue weighted by molar-refractivity contribution is 0.0775. The lowest BCUT2D eigenvalue weighted by Gasteiger charge is -2.36. The maximum absolute atomic E-state index is 13.2. The topological polar surface area (TPSA) is 48.4 Å². The van der Waals surface area contributed by atoms with Gasteiger partial charge in [-0.2, -0.15) is 0 Å². The van der Waals surface area contributed by atoms with Gasteiger partial charge in [0.15, 0.2) is 0 Å². The molecule has 7 heteroatoms. The number of piperazine rings is 1. The summed E-state index contributed by atoms with van der Waals surface area (Å²) in [6.45, 7) is 8.42. The highest BCUT2D eigenvalue weighted by Crippen LogP contribution is 2.34. The number of hydrogen-bond donors (Lipinski definition) is 0. The highest BCUT2D eigenvalue weighted by Gasteiger charge is 2.31. The normalized spacial score (nSPS) is 19.9. The van der Waals surface area contributed by atoms with E-state index >= 15 is 0 Å². The van der Waals surface area contributed by atoms with Gasteiger partial charge >= 0.3 is 0 Å². The summed E-state index contributed by atoms with van der Waals surface area (Å²) < 4.78 is 6.24. The van der Waals surface area contributed by atoms with Gasteiger partial charge in [0.05, 0.1) is 17.3 Å². The standard InChI is InChI=1S/C29H31ClN4O2/c1-20-15-21-17-27-26(29(35)34-8-2-3-25(34)19-31-27)16-22(21)18-28(20)36-14-13-32-9-11-33(12-10-32)24-6-4-23(30)5-7-24/h4-7,15-19,25H,2-3,8-14H2,1H3/t25-/m0/s1. The molecule has 0 N–H and O–H groups in total. The zero-order valence-corrected chi connectivity index (χ0v) is 21.4. The Bertz CT molecular complexity index is 1320. The zero-order chi connectivity index (χ0) is 24.6. The molecule has 0 aliphatic carbocycles. The van der Waals surface area contributed by atoms with Crippen molar-refractivity contribution in [2.45, 2.75) is 25.8 Å². The second-order valence-electron chi connectivity index (χ2n) is 9.97. The second-order valence-corrected chi connectivity index (χ2v) is 10.4. The van der Waals surface area contributed by atoms with Gasteiger partial charge in [-0.15, -0.1) is 0 Å². The van der Waals surface area contributed by atoms with Gasteiger partial charge in [0.25, 0.3) is 5.91 Å². The van der Waals surface area contributed by atoms with E-state index in [2.05, 4.69) is 46.0 Å². The van der Waals surface area contributed by atoms with Crippen molar-refractivity contribution >= 4 is 45.9 Å². The van der Waals surface area contributed by atoms with Crippen molar-refractivity contribution in [1.82, 2.24) is 9.80 Å². The maximum Gasteiger partial charge on any atom is 0.256 e. The van der Waals surface area contributed by atoms with Crippen LogP contribution in [0.2, 0.25) is 5.02 Å². The van der Waals surface area contributed by atoms with Crippen LogP contribution in [-0.4, -0.2) is 73.8 Å². The van der Waals surface area contributed by atoms with Crippen LogP contribution in [0.25, 0.3) is 10.8 Å². The van der Waals surface area contributed by atoms with Gasteiger partial charge in [0.1, 0.15) is 12.4 Å². The van der Waals surface area contributed by atoms with Gasteiger partial charge in [-0.1, -0.05) is 11.6 Å². The fourth-order valence-electron chi connectivity index (χ4n) is 5.55. The summed E-state index contributed by atoms with van der Waals surface area (Å²) in [5.74, 6) is 0.971. The molecular weight excluding hydrogens is 472 g/mol. The Labute approximate surface area is 217 Å². The van der Waals surface area contributed by atoms with Crippen LogP contribution in [0.15, 0.2) is 53.5 Å². The number of anilines is 1. The number of hydrogen-bond acceptors (Lipinski definition) is 5. The van der Waals surface area contributed by atoms with Crippen LogP contribution < -0.4 is 9.64 Å². The summed E-state index contributed by atoms with van der Waals surface area (Å²) in [7, 11) is 0. The van der Waals surface area contributed by atoms with Crippen LogP contribution in [0.3, 0.4) is 0 Å². The van der Waals surface area contributed by atoms with Crippen LogP contribution in [0.5, 0.6) is 5.75 Å². The van der Waals surface area contributed by atoms with E-state index in [0.29, 0.717) is 12.2 Å². The minimum absolute atomic E-state index is 0.0904. The molecule has 0 aromatic heterocycles. The summed E-state index contributed by atoms with van der Waals surface area (Å²) in [6, 6.07) is 16.5. The van der Waals surface area contributed by atoms with Gasteiger partial charge in [-0.05, 0) is 84.6 Å². The maximum atomic E-state index is 13.2. The van der Waals surface area contributed by atoms with Crippen LogP contribution >= 0.6 is 11.6 Å². The van der Waals surface area contributed by atoms with Gasteiger partial charge < -0.3 is 14.5 Å². The molecule has 6 nitrogen and oxygen atoms in total. The molecule has 3 aromatic rings. The first-order chi connectivity index (χ1) is 17.5. The van der Waals surface area contributed by atoms with Crippen molar-refractivity contribution in [3.63, 3.8) is 0 Å². The van der Waals surface area contributed by atoms with E-state index < -0.39 is 0 Å². The first kappa shape index (κ1) is 23.3. The monoisotopic (exact) mass is 502 g/mol. The molecule has 1 atom stereocenters. The summed E-state index contributed by atoms with van der Waals surface area (Å²) >= 11 is 6.03. The van der Waals surface area contributed by atoms with E-state index in [1.54, 1.807) is 0 Å². The molecule has 36 heavy (non-hydrogen) atoms. The molecule has 1 amide bonds. The molecule has 3 aliphatic heterocycles. The molecule has 0 unspecified atom stereocenters. The first-order valence-electron chi connectivity index (χ1n) is 12.8. The average Bonchev–Trinajstić information content (AvgIpc) is 3.32. The van der Waals surface area contributed by atoms with E-state index in [0.717, 1.165) is 84.9 Å². The Morgan fingerprint density at radius 1 is 1.00 bits per heavy atom.